The smallest absolute Gasteiger partial charge is 0.0984 e. The van der Waals surface area contributed by atoms with Crippen LogP contribution in [0.25, 0.3) is 11.3 Å². The summed E-state index contributed by atoms with van der Waals surface area (Å²) in [7, 11) is 0. The second-order valence-electron chi connectivity index (χ2n) is 3.14. The summed E-state index contributed by atoms with van der Waals surface area (Å²) in [6.07, 6.45) is 1.57. The fourth-order valence-corrected chi connectivity index (χ4v) is 1.33. The van der Waals surface area contributed by atoms with Crippen molar-refractivity contribution in [3.63, 3.8) is 0 Å². The first-order chi connectivity index (χ1) is 7.83. The van der Waals surface area contributed by atoms with Crippen LogP contribution >= 0.6 is 0 Å². The monoisotopic (exact) mass is 307 g/mol. The van der Waals surface area contributed by atoms with Gasteiger partial charge in [-0.15, -0.1) is 29.8 Å². The molecule has 0 aliphatic carbocycles. The number of pyridine rings is 1. The van der Waals surface area contributed by atoms with Gasteiger partial charge in [0, 0.05) is 31.2 Å². The molecule has 1 aromatic carbocycles. The average molecular weight is 307 g/mol. The molecule has 2 aromatic rings. The van der Waals surface area contributed by atoms with E-state index in [4.69, 9.17) is 10.5 Å². The largest absolute Gasteiger partial charge is 0.305 e. The fraction of sp³-hybridized carbons (Fsp3) is 0. The van der Waals surface area contributed by atoms with Gasteiger partial charge in [0.1, 0.15) is 0 Å². The van der Waals surface area contributed by atoms with E-state index in [2.05, 4.69) is 17.1 Å². The molecule has 17 heavy (non-hydrogen) atoms. The minimum absolute atomic E-state index is 0. The molecule has 83 valence electrons. The first-order valence-electron chi connectivity index (χ1n) is 4.62. The van der Waals surface area contributed by atoms with Crippen molar-refractivity contribution in [3.8, 4) is 23.4 Å². The van der Waals surface area contributed by atoms with Crippen molar-refractivity contribution in [3.05, 3.63) is 53.7 Å². The van der Waals surface area contributed by atoms with Crippen molar-refractivity contribution in [1.29, 1.82) is 10.5 Å². The number of aromatic nitrogens is 1. The Morgan fingerprint density at radius 1 is 1.06 bits per heavy atom. The Hall–Kier alpha value is -2.03. The van der Waals surface area contributed by atoms with Crippen molar-refractivity contribution in [2.45, 2.75) is 0 Å². The van der Waals surface area contributed by atoms with Gasteiger partial charge in [-0.05, 0) is 17.3 Å². The van der Waals surface area contributed by atoms with Gasteiger partial charge in [0.2, 0.25) is 0 Å². The minimum Gasteiger partial charge on any atom is -0.305 e. The summed E-state index contributed by atoms with van der Waals surface area (Å²) < 4.78 is 0. The van der Waals surface area contributed by atoms with E-state index in [-0.39, 0.29) is 19.5 Å². The standard InChI is InChI=1S/C13H6N3.Rh/c14-8-10-2-1-3-12(6-10)13-7-11(9-15)4-5-16-13;/h1-2,4-7H;/q-1;. The third-order valence-electron chi connectivity index (χ3n) is 2.10. The zero-order chi connectivity index (χ0) is 11.4. The van der Waals surface area contributed by atoms with E-state index in [1.807, 2.05) is 6.07 Å². The zero-order valence-corrected chi connectivity index (χ0v) is 10.3. The number of rotatable bonds is 1. The molecule has 1 radical (unpaired) electrons. The van der Waals surface area contributed by atoms with E-state index >= 15 is 0 Å². The van der Waals surface area contributed by atoms with E-state index in [0.717, 1.165) is 5.56 Å². The number of nitriles is 2. The maximum absolute atomic E-state index is 8.77. The predicted molar refractivity (Wildman–Crippen MR) is 57.9 cm³/mol. The SMILES string of the molecule is N#Cc1cc[c-]c(-c2cc(C#N)ccn2)c1.[Rh]. The molecule has 0 spiro atoms. The van der Waals surface area contributed by atoms with Crippen LogP contribution in [-0.4, -0.2) is 4.98 Å². The van der Waals surface area contributed by atoms with Crippen molar-refractivity contribution in [2.75, 3.05) is 0 Å². The zero-order valence-electron chi connectivity index (χ0n) is 8.64. The maximum Gasteiger partial charge on any atom is 0.0984 e. The molecule has 0 unspecified atom stereocenters. The van der Waals surface area contributed by atoms with Crippen LogP contribution in [0.4, 0.5) is 0 Å². The Bertz CT molecular complexity index is 553. The summed E-state index contributed by atoms with van der Waals surface area (Å²) in [5.74, 6) is 0. The minimum atomic E-state index is 0. The first-order valence-corrected chi connectivity index (χ1v) is 4.62. The van der Waals surface area contributed by atoms with Gasteiger partial charge in [0.05, 0.1) is 12.1 Å². The molecule has 0 saturated heterocycles. The topological polar surface area (TPSA) is 60.5 Å². The summed E-state index contributed by atoms with van der Waals surface area (Å²) in [4.78, 5) is 4.14. The molecular formula is C13H6N3Rh-. The molecule has 1 heterocycles. The average Bonchev–Trinajstić information content (AvgIpc) is 2.39. The predicted octanol–water partition coefficient (Wildman–Crippen LogP) is 2.29. The second-order valence-corrected chi connectivity index (χ2v) is 3.14. The number of hydrogen-bond donors (Lipinski definition) is 0. The van der Waals surface area contributed by atoms with E-state index < -0.39 is 0 Å². The van der Waals surface area contributed by atoms with Gasteiger partial charge >= 0.3 is 0 Å². The van der Waals surface area contributed by atoms with E-state index in [9.17, 15) is 0 Å². The Balaban J connectivity index is 0.00000144. The van der Waals surface area contributed by atoms with Crippen molar-refractivity contribution < 1.29 is 19.5 Å². The number of nitrogens with zero attached hydrogens (tertiary/aromatic N) is 3. The van der Waals surface area contributed by atoms with E-state index in [0.29, 0.717) is 16.8 Å². The van der Waals surface area contributed by atoms with Gasteiger partial charge in [0.15, 0.2) is 0 Å². The van der Waals surface area contributed by atoms with Crippen LogP contribution in [0.1, 0.15) is 11.1 Å². The Kier molecular flexibility index (Phi) is 4.52. The molecule has 0 aliphatic rings. The van der Waals surface area contributed by atoms with Crippen LogP contribution in [0.3, 0.4) is 0 Å². The molecular weight excluding hydrogens is 301 g/mol. The van der Waals surface area contributed by atoms with Crippen LogP contribution < -0.4 is 0 Å². The van der Waals surface area contributed by atoms with Crippen LogP contribution in [0, 0.1) is 28.7 Å². The van der Waals surface area contributed by atoms with E-state index in [1.54, 1.807) is 36.5 Å². The normalized spacial score (nSPS) is 8.59. The molecule has 0 aliphatic heterocycles. The van der Waals surface area contributed by atoms with Crippen molar-refractivity contribution in [2.24, 2.45) is 0 Å². The summed E-state index contributed by atoms with van der Waals surface area (Å²) in [6, 6.07) is 15.4. The summed E-state index contributed by atoms with van der Waals surface area (Å²) in [6.45, 7) is 0. The molecule has 1 aromatic heterocycles. The van der Waals surface area contributed by atoms with Crippen molar-refractivity contribution in [1.82, 2.24) is 4.98 Å². The van der Waals surface area contributed by atoms with Crippen LogP contribution in [0.5, 0.6) is 0 Å². The molecule has 2 rings (SSSR count). The Morgan fingerprint density at radius 2 is 1.76 bits per heavy atom. The molecule has 4 heteroatoms. The summed E-state index contributed by atoms with van der Waals surface area (Å²) in [5, 5.41) is 17.5. The first kappa shape index (κ1) is 13.0. The van der Waals surface area contributed by atoms with Crippen molar-refractivity contribution >= 4 is 0 Å². The van der Waals surface area contributed by atoms with Gasteiger partial charge in [0.25, 0.3) is 0 Å². The second kappa shape index (κ2) is 5.90. The maximum atomic E-state index is 8.77. The fourth-order valence-electron chi connectivity index (χ4n) is 1.33. The molecule has 0 atom stereocenters. The number of benzene rings is 1. The summed E-state index contributed by atoms with van der Waals surface area (Å²) in [5.41, 5.74) is 2.46. The molecule has 0 saturated carbocycles. The van der Waals surface area contributed by atoms with Crippen LogP contribution in [0.15, 0.2) is 36.5 Å². The third kappa shape index (κ3) is 2.97. The Labute approximate surface area is 112 Å². The molecule has 0 bridgehead atoms. The van der Waals surface area contributed by atoms with Gasteiger partial charge in [-0.25, -0.2) is 0 Å². The number of hydrogen-bond acceptors (Lipinski definition) is 3. The summed E-state index contributed by atoms with van der Waals surface area (Å²) >= 11 is 0. The van der Waals surface area contributed by atoms with Gasteiger partial charge in [-0.3, -0.25) is 0 Å². The van der Waals surface area contributed by atoms with Crippen LogP contribution in [0.2, 0.25) is 0 Å². The van der Waals surface area contributed by atoms with Crippen LogP contribution in [-0.2, 0) is 19.5 Å². The van der Waals surface area contributed by atoms with Gasteiger partial charge in [-0.1, -0.05) is 6.07 Å². The third-order valence-corrected chi connectivity index (χ3v) is 2.10. The van der Waals surface area contributed by atoms with E-state index in [1.165, 1.54) is 0 Å². The molecule has 0 N–H and O–H groups in total. The Morgan fingerprint density at radius 3 is 2.47 bits per heavy atom. The molecule has 3 nitrogen and oxygen atoms in total. The molecule has 0 amide bonds. The van der Waals surface area contributed by atoms with Gasteiger partial charge < -0.3 is 4.98 Å². The molecule has 0 fully saturated rings. The quantitative estimate of drug-likeness (QED) is 0.600. The van der Waals surface area contributed by atoms with Gasteiger partial charge in [-0.2, -0.15) is 10.5 Å².